The lowest BCUT2D eigenvalue weighted by Crippen LogP contribution is -2.50. The summed E-state index contributed by atoms with van der Waals surface area (Å²) in [5.74, 6) is -3.05. The Labute approximate surface area is 229 Å². The molecule has 0 aliphatic rings. The van der Waals surface area contributed by atoms with Crippen molar-refractivity contribution in [3.05, 3.63) is 71.8 Å². The number of aromatic nitrogens is 3. The van der Waals surface area contributed by atoms with Gasteiger partial charge in [0.25, 0.3) is 5.91 Å². The number of carboxylic acids is 1. The zero-order valence-corrected chi connectivity index (χ0v) is 22.2. The Hall–Kier alpha value is -4.81. The monoisotopic (exact) mass is 554 g/mol. The molecule has 1 aromatic heterocycles. The second-order valence-corrected chi connectivity index (χ2v) is 9.96. The van der Waals surface area contributed by atoms with Crippen molar-refractivity contribution in [1.82, 2.24) is 31.4 Å². The predicted octanol–water partition coefficient (Wildman–Crippen LogP) is 2.44. The summed E-state index contributed by atoms with van der Waals surface area (Å²) in [5, 5.41) is 26.8. The van der Waals surface area contributed by atoms with Gasteiger partial charge in [0.15, 0.2) is 5.69 Å². The molecule has 0 unspecified atom stereocenters. The van der Waals surface area contributed by atoms with Gasteiger partial charge in [-0.25, -0.2) is 14.0 Å². The average Bonchev–Trinajstić information content (AvgIpc) is 3.42. The molecule has 3 rings (SSSR count). The number of rotatable bonds is 11. The van der Waals surface area contributed by atoms with Crippen LogP contribution in [0.3, 0.4) is 0 Å². The van der Waals surface area contributed by atoms with Crippen molar-refractivity contribution < 1.29 is 33.4 Å². The van der Waals surface area contributed by atoms with E-state index in [1.54, 1.807) is 63.2 Å². The van der Waals surface area contributed by atoms with Crippen molar-refractivity contribution in [2.45, 2.75) is 51.3 Å². The highest BCUT2D eigenvalue weighted by Gasteiger charge is 2.27. The molecule has 40 heavy (non-hydrogen) atoms. The standard InChI is InChI=1S/C27H31FN6O6/c1-27(2,3)40-26(39)29-15-23(35)32-21(25(37)38)13-18(31-24(36)22-14-30-34-33-22)12-16-8-10-17(11-9-16)19-6-4-5-7-20(19)28/h4-11,14,18,21H,12-13,15H2,1-3H3,(H,29,39)(H,31,36)(H,32,35)(H,37,38)(H,30,33,34)/t18-,21-/m1/s1. The van der Waals surface area contributed by atoms with Crippen molar-refractivity contribution in [3.63, 3.8) is 0 Å². The van der Waals surface area contributed by atoms with E-state index in [4.69, 9.17) is 4.74 Å². The molecule has 0 saturated heterocycles. The summed E-state index contributed by atoms with van der Waals surface area (Å²) in [7, 11) is 0. The normalized spacial score (nSPS) is 12.6. The van der Waals surface area contributed by atoms with E-state index in [9.17, 15) is 28.7 Å². The van der Waals surface area contributed by atoms with E-state index in [0.717, 1.165) is 5.56 Å². The highest BCUT2D eigenvalue weighted by molar-refractivity contribution is 5.92. The summed E-state index contributed by atoms with van der Waals surface area (Å²) in [6.07, 6.45) is 0.392. The average molecular weight is 555 g/mol. The maximum Gasteiger partial charge on any atom is 0.408 e. The number of nitrogens with one attached hydrogen (secondary N) is 4. The molecule has 5 N–H and O–H groups in total. The summed E-state index contributed by atoms with van der Waals surface area (Å²) < 4.78 is 19.2. The second kappa shape index (κ2) is 13.3. The first-order valence-electron chi connectivity index (χ1n) is 12.4. The smallest absolute Gasteiger partial charge is 0.408 e. The molecule has 0 aliphatic carbocycles. The number of aromatic amines is 1. The molecule has 212 valence electrons. The van der Waals surface area contributed by atoms with Crippen molar-refractivity contribution in [1.29, 1.82) is 0 Å². The first-order valence-corrected chi connectivity index (χ1v) is 12.4. The molecule has 2 aromatic carbocycles. The first kappa shape index (κ1) is 29.7. The maximum absolute atomic E-state index is 14.2. The van der Waals surface area contributed by atoms with Crippen LogP contribution in [0.2, 0.25) is 0 Å². The van der Waals surface area contributed by atoms with E-state index >= 15 is 0 Å². The number of alkyl carbamates (subject to hydrolysis) is 1. The van der Waals surface area contributed by atoms with Crippen LogP contribution in [-0.2, 0) is 20.7 Å². The van der Waals surface area contributed by atoms with Crippen LogP contribution in [0.15, 0.2) is 54.7 Å². The predicted molar refractivity (Wildman–Crippen MR) is 142 cm³/mol. The second-order valence-electron chi connectivity index (χ2n) is 9.96. The van der Waals surface area contributed by atoms with Crippen LogP contribution in [0.1, 0.15) is 43.2 Å². The van der Waals surface area contributed by atoms with Gasteiger partial charge in [-0.2, -0.15) is 15.4 Å². The van der Waals surface area contributed by atoms with Gasteiger partial charge in [0.1, 0.15) is 24.0 Å². The van der Waals surface area contributed by atoms with Crippen LogP contribution in [0.4, 0.5) is 9.18 Å². The number of amides is 3. The summed E-state index contributed by atoms with van der Waals surface area (Å²) >= 11 is 0. The number of nitrogens with zero attached hydrogens (tertiary/aromatic N) is 2. The third-order valence-corrected chi connectivity index (χ3v) is 5.55. The van der Waals surface area contributed by atoms with Gasteiger partial charge in [0.05, 0.1) is 6.20 Å². The van der Waals surface area contributed by atoms with E-state index in [1.165, 1.54) is 12.3 Å². The van der Waals surface area contributed by atoms with E-state index in [1.807, 2.05) is 0 Å². The Balaban J connectivity index is 1.71. The fraction of sp³-hybridized carbons (Fsp3) is 0.333. The van der Waals surface area contributed by atoms with Gasteiger partial charge in [-0.05, 0) is 50.8 Å². The lowest BCUT2D eigenvalue weighted by Gasteiger charge is -2.23. The Kier molecular flexibility index (Phi) is 9.90. The SMILES string of the molecule is CC(C)(C)OC(=O)NCC(=O)N[C@H](C[C@@H](Cc1ccc(-c2ccccc2F)cc1)NC(=O)c1cn[nH]n1)C(=O)O. The number of H-pyrrole nitrogens is 1. The zero-order chi connectivity index (χ0) is 29.3. The van der Waals surface area contributed by atoms with E-state index in [0.29, 0.717) is 11.1 Å². The fourth-order valence-corrected chi connectivity index (χ4v) is 3.78. The molecule has 13 heteroatoms. The van der Waals surface area contributed by atoms with Crippen LogP contribution in [0.5, 0.6) is 0 Å². The molecular weight excluding hydrogens is 523 g/mol. The van der Waals surface area contributed by atoms with Crippen LogP contribution < -0.4 is 16.0 Å². The third-order valence-electron chi connectivity index (χ3n) is 5.55. The van der Waals surface area contributed by atoms with Gasteiger partial charge >= 0.3 is 12.1 Å². The van der Waals surface area contributed by atoms with Crippen molar-refractivity contribution >= 4 is 23.9 Å². The molecule has 0 aliphatic heterocycles. The number of benzene rings is 2. The van der Waals surface area contributed by atoms with Crippen LogP contribution in [0.25, 0.3) is 11.1 Å². The molecular formula is C27H31FN6O6. The third kappa shape index (κ3) is 9.19. The number of aliphatic carboxylic acids is 1. The van der Waals surface area contributed by atoms with Crippen LogP contribution in [-0.4, -0.2) is 68.6 Å². The number of carbonyl (C=O) groups is 4. The molecule has 3 aromatic rings. The fourth-order valence-electron chi connectivity index (χ4n) is 3.78. The van der Waals surface area contributed by atoms with Gasteiger partial charge in [0, 0.05) is 11.6 Å². The number of carbonyl (C=O) groups excluding carboxylic acids is 3. The van der Waals surface area contributed by atoms with Crippen molar-refractivity contribution in [3.8, 4) is 11.1 Å². The molecule has 0 spiro atoms. The minimum Gasteiger partial charge on any atom is -0.480 e. The maximum atomic E-state index is 14.2. The number of ether oxygens (including phenoxy) is 1. The molecule has 0 radical (unpaired) electrons. The highest BCUT2D eigenvalue weighted by Crippen LogP contribution is 2.23. The van der Waals surface area contributed by atoms with Gasteiger partial charge in [0.2, 0.25) is 5.91 Å². The molecule has 3 amide bonds. The van der Waals surface area contributed by atoms with E-state index < -0.39 is 48.1 Å². The van der Waals surface area contributed by atoms with E-state index in [-0.39, 0.29) is 24.4 Å². The van der Waals surface area contributed by atoms with Gasteiger partial charge in [-0.1, -0.05) is 42.5 Å². The van der Waals surface area contributed by atoms with Gasteiger partial charge < -0.3 is 25.8 Å². The number of hydrogen-bond acceptors (Lipinski definition) is 7. The molecule has 0 fully saturated rings. The Morgan fingerprint density at radius 1 is 1.05 bits per heavy atom. The molecule has 0 bridgehead atoms. The number of halogens is 1. The lowest BCUT2D eigenvalue weighted by molar-refractivity contribution is -0.142. The van der Waals surface area contributed by atoms with Crippen molar-refractivity contribution in [2.75, 3.05) is 6.54 Å². The minimum absolute atomic E-state index is 0.00243. The summed E-state index contributed by atoms with van der Waals surface area (Å²) in [6.45, 7) is 4.47. The van der Waals surface area contributed by atoms with Gasteiger partial charge in [-0.3, -0.25) is 9.59 Å². The lowest BCUT2D eigenvalue weighted by atomic mass is 9.96. The largest absolute Gasteiger partial charge is 0.480 e. The first-order chi connectivity index (χ1) is 18.9. The summed E-state index contributed by atoms with van der Waals surface area (Å²) in [4.78, 5) is 48.9. The Morgan fingerprint density at radius 3 is 2.35 bits per heavy atom. The Bertz CT molecular complexity index is 1320. The number of hydrogen-bond donors (Lipinski definition) is 5. The number of carboxylic acid groups (broad SMARTS) is 1. The summed E-state index contributed by atoms with van der Waals surface area (Å²) in [5.41, 5.74) is 1.04. The van der Waals surface area contributed by atoms with Gasteiger partial charge in [-0.15, -0.1) is 0 Å². The summed E-state index contributed by atoms with van der Waals surface area (Å²) in [6, 6.07) is 11.1. The molecule has 1 heterocycles. The van der Waals surface area contributed by atoms with Crippen LogP contribution >= 0.6 is 0 Å². The topological polar surface area (TPSA) is 175 Å². The highest BCUT2D eigenvalue weighted by atomic mass is 19.1. The Morgan fingerprint density at radius 2 is 1.75 bits per heavy atom. The minimum atomic E-state index is -1.40. The van der Waals surface area contributed by atoms with Crippen molar-refractivity contribution in [2.24, 2.45) is 0 Å². The van der Waals surface area contributed by atoms with E-state index in [2.05, 4.69) is 31.4 Å². The quantitative estimate of drug-likeness (QED) is 0.240. The zero-order valence-electron chi connectivity index (χ0n) is 22.2. The molecule has 2 atom stereocenters. The molecule has 0 saturated carbocycles. The molecule has 12 nitrogen and oxygen atoms in total. The van der Waals surface area contributed by atoms with Crippen LogP contribution in [0, 0.1) is 5.82 Å².